The summed E-state index contributed by atoms with van der Waals surface area (Å²) in [5.74, 6) is 0.514. The highest BCUT2D eigenvalue weighted by Crippen LogP contribution is 2.26. The van der Waals surface area contributed by atoms with Crippen LogP contribution in [0.4, 0.5) is 0 Å². The second-order valence-corrected chi connectivity index (χ2v) is 3.22. The highest BCUT2D eigenvalue weighted by molar-refractivity contribution is 6.33. The normalized spacial score (nSPS) is 10.4. The molecule has 14 heavy (non-hydrogen) atoms. The van der Waals surface area contributed by atoms with Crippen LogP contribution in [0.1, 0.15) is 5.89 Å². The predicted molar refractivity (Wildman–Crippen MR) is 54.8 cm³/mol. The standard InChI is InChI=1S/C10H9ClN2O/c11-8-4-2-1-3-7(8)9-6-14-10(5-12)13-9/h1-4,6H,5,12H2. The lowest BCUT2D eigenvalue weighted by Crippen LogP contribution is -1.95. The first-order valence-corrected chi connectivity index (χ1v) is 4.58. The molecule has 0 fully saturated rings. The van der Waals surface area contributed by atoms with E-state index >= 15 is 0 Å². The van der Waals surface area contributed by atoms with Crippen LogP contribution in [0.2, 0.25) is 5.02 Å². The van der Waals surface area contributed by atoms with Crippen molar-refractivity contribution >= 4 is 11.6 Å². The van der Waals surface area contributed by atoms with Gasteiger partial charge in [0.1, 0.15) is 12.0 Å². The SMILES string of the molecule is NCc1nc(-c2ccccc2Cl)co1. The Morgan fingerprint density at radius 1 is 1.36 bits per heavy atom. The molecule has 2 N–H and O–H groups in total. The molecule has 0 saturated carbocycles. The first kappa shape index (κ1) is 9.24. The summed E-state index contributed by atoms with van der Waals surface area (Å²) >= 11 is 6.00. The number of hydrogen-bond acceptors (Lipinski definition) is 3. The summed E-state index contributed by atoms with van der Waals surface area (Å²) in [6.45, 7) is 0.296. The molecule has 0 amide bonds. The van der Waals surface area contributed by atoms with Gasteiger partial charge in [-0.15, -0.1) is 0 Å². The van der Waals surface area contributed by atoms with Crippen LogP contribution in [0.3, 0.4) is 0 Å². The maximum absolute atomic E-state index is 6.00. The number of benzene rings is 1. The maximum atomic E-state index is 6.00. The van der Waals surface area contributed by atoms with Gasteiger partial charge >= 0.3 is 0 Å². The van der Waals surface area contributed by atoms with E-state index in [2.05, 4.69) is 4.98 Å². The molecule has 0 atom stereocenters. The van der Waals surface area contributed by atoms with Crippen molar-refractivity contribution in [1.29, 1.82) is 0 Å². The van der Waals surface area contributed by atoms with Crippen LogP contribution in [-0.2, 0) is 6.54 Å². The molecule has 0 radical (unpaired) electrons. The van der Waals surface area contributed by atoms with E-state index in [0.717, 1.165) is 11.3 Å². The smallest absolute Gasteiger partial charge is 0.208 e. The van der Waals surface area contributed by atoms with Gasteiger partial charge in [0.2, 0.25) is 5.89 Å². The molecule has 0 aliphatic carbocycles. The summed E-state index contributed by atoms with van der Waals surface area (Å²) in [4.78, 5) is 4.18. The van der Waals surface area contributed by atoms with E-state index in [0.29, 0.717) is 17.5 Å². The van der Waals surface area contributed by atoms with Crippen molar-refractivity contribution in [3.63, 3.8) is 0 Å². The molecule has 0 aliphatic rings. The van der Waals surface area contributed by atoms with Crippen molar-refractivity contribution in [3.05, 3.63) is 41.4 Å². The van der Waals surface area contributed by atoms with Crippen LogP contribution in [0.5, 0.6) is 0 Å². The van der Waals surface area contributed by atoms with Gasteiger partial charge in [-0.05, 0) is 6.07 Å². The first-order chi connectivity index (χ1) is 6.81. The molecule has 2 rings (SSSR count). The zero-order valence-corrected chi connectivity index (χ0v) is 8.16. The van der Waals surface area contributed by atoms with Gasteiger partial charge in [0.25, 0.3) is 0 Å². The number of aromatic nitrogens is 1. The number of hydrogen-bond donors (Lipinski definition) is 1. The van der Waals surface area contributed by atoms with Crippen molar-refractivity contribution in [1.82, 2.24) is 4.98 Å². The second kappa shape index (κ2) is 3.82. The van der Waals surface area contributed by atoms with Crippen molar-refractivity contribution in [3.8, 4) is 11.3 Å². The van der Waals surface area contributed by atoms with Crippen LogP contribution in [-0.4, -0.2) is 4.98 Å². The third-order valence-electron chi connectivity index (χ3n) is 1.88. The number of nitrogens with two attached hydrogens (primary N) is 1. The van der Waals surface area contributed by atoms with Crippen LogP contribution < -0.4 is 5.73 Å². The Balaban J connectivity index is 2.44. The molecule has 1 heterocycles. The number of rotatable bonds is 2. The third kappa shape index (κ3) is 1.64. The Bertz CT molecular complexity index is 439. The molecule has 0 bridgehead atoms. The Morgan fingerprint density at radius 2 is 2.14 bits per heavy atom. The van der Waals surface area contributed by atoms with Crippen molar-refractivity contribution < 1.29 is 4.42 Å². The molecule has 0 spiro atoms. The highest BCUT2D eigenvalue weighted by atomic mass is 35.5. The van der Waals surface area contributed by atoms with Gasteiger partial charge in [0.05, 0.1) is 11.6 Å². The fraction of sp³-hybridized carbons (Fsp3) is 0.100. The lowest BCUT2D eigenvalue weighted by Gasteiger charge is -1.97. The lowest BCUT2D eigenvalue weighted by molar-refractivity contribution is 0.498. The zero-order chi connectivity index (χ0) is 9.97. The summed E-state index contributed by atoms with van der Waals surface area (Å²) in [6, 6.07) is 7.47. The molecule has 0 aliphatic heterocycles. The zero-order valence-electron chi connectivity index (χ0n) is 7.40. The summed E-state index contributed by atoms with van der Waals surface area (Å²) < 4.78 is 5.13. The van der Waals surface area contributed by atoms with E-state index in [9.17, 15) is 0 Å². The monoisotopic (exact) mass is 208 g/mol. The maximum Gasteiger partial charge on any atom is 0.208 e. The molecule has 0 unspecified atom stereocenters. The fourth-order valence-corrected chi connectivity index (χ4v) is 1.43. The quantitative estimate of drug-likeness (QED) is 0.825. The summed E-state index contributed by atoms with van der Waals surface area (Å²) in [5, 5.41) is 0.657. The molecule has 2 aromatic rings. The van der Waals surface area contributed by atoms with Gasteiger partial charge in [-0.3, -0.25) is 0 Å². The van der Waals surface area contributed by atoms with Gasteiger partial charge in [0, 0.05) is 5.56 Å². The van der Waals surface area contributed by atoms with Gasteiger partial charge < -0.3 is 10.2 Å². The van der Waals surface area contributed by atoms with Crippen LogP contribution >= 0.6 is 11.6 Å². The molecule has 0 saturated heterocycles. The van der Waals surface area contributed by atoms with Gasteiger partial charge in [-0.2, -0.15) is 0 Å². The number of halogens is 1. The van der Waals surface area contributed by atoms with E-state index in [1.807, 2.05) is 24.3 Å². The van der Waals surface area contributed by atoms with Gasteiger partial charge in [-0.25, -0.2) is 4.98 Å². The third-order valence-corrected chi connectivity index (χ3v) is 2.21. The Morgan fingerprint density at radius 3 is 2.79 bits per heavy atom. The largest absolute Gasteiger partial charge is 0.447 e. The summed E-state index contributed by atoms with van der Waals surface area (Å²) in [7, 11) is 0. The number of nitrogens with zero attached hydrogens (tertiary/aromatic N) is 1. The molecule has 1 aromatic heterocycles. The Labute approximate surface area is 86.5 Å². The van der Waals surface area contributed by atoms with Crippen molar-refractivity contribution in [2.75, 3.05) is 0 Å². The summed E-state index contributed by atoms with van der Waals surface area (Å²) in [6.07, 6.45) is 1.56. The van der Waals surface area contributed by atoms with Crippen LogP contribution in [0.15, 0.2) is 34.9 Å². The Kier molecular flexibility index (Phi) is 2.52. The molecular formula is C10H9ClN2O. The van der Waals surface area contributed by atoms with E-state index in [1.165, 1.54) is 0 Å². The topological polar surface area (TPSA) is 52.0 Å². The van der Waals surface area contributed by atoms with Gasteiger partial charge in [-0.1, -0.05) is 29.8 Å². The van der Waals surface area contributed by atoms with E-state index in [-0.39, 0.29) is 0 Å². The minimum Gasteiger partial charge on any atom is -0.447 e. The van der Waals surface area contributed by atoms with Crippen molar-refractivity contribution in [2.24, 2.45) is 5.73 Å². The first-order valence-electron chi connectivity index (χ1n) is 4.20. The average Bonchev–Trinajstić information content (AvgIpc) is 2.67. The van der Waals surface area contributed by atoms with Gasteiger partial charge in [0.15, 0.2) is 0 Å². The summed E-state index contributed by atoms with van der Waals surface area (Å²) in [5.41, 5.74) is 6.97. The van der Waals surface area contributed by atoms with Crippen LogP contribution in [0, 0.1) is 0 Å². The second-order valence-electron chi connectivity index (χ2n) is 2.81. The molecule has 4 heteroatoms. The highest BCUT2D eigenvalue weighted by Gasteiger charge is 2.07. The number of oxazole rings is 1. The van der Waals surface area contributed by atoms with E-state index < -0.39 is 0 Å². The minimum atomic E-state index is 0.296. The molecule has 3 nitrogen and oxygen atoms in total. The van der Waals surface area contributed by atoms with Crippen molar-refractivity contribution in [2.45, 2.75) is 6.54 Å². The fourth-order valence-electron chi connectivity index (χ4n) is 1.20. The molecule has 1 aromatic carbocycles. The predicted octanol–water partition coefficient (Wildman–Crippen LogP) is 2.45. The van der Waals surface area contributed by atoms with Crippen LogP contribution in [0.25, 0.3) is 11.3 Å². The molecular weight excluding hydrogens is 200 g/mol. The average molecular weight is 209 g/mol. The van der Waals surface area contributed by atoms with E-state index in [4.69, 9.17) is 21.8 Å². The van der Waals surface area contributed by atoms with E-state index in [1.54, 1.807) is 6.26 Å². The lowest BCUT2D eigenvalue weighted by atomic mass is 10.2. The Hall–Kier alpha value is -1.32. The minimum absolute atomic E-state index is 0.296. The molecule has 72 valence electrons.